The van der Waals surface area contributed by atoms with Crippen LogP contribution in [0.4, 0.5) is 0 Å². The average molecular weight is 198 g/mol. The number of hydrogen-bond donors (Lipinski definition) is 1. The lowest BCUT2D eigenvalue weighted by molar-refractivity contribution is -0.0600. The molecule has 0 aromatic carbocycles. The molecule has 1 fully saturated rings. The minimum Gasteiger partial charge on any atom is -0.380 e. The molecule has 1 aliphatic rings. The number of ether oxygens (including phenoxy) is 2. The Morgan fingerprint density at radius 1 is 1.43 bits per heavy atom. The smallest absolute Gasteiger partial charge is 0.139 e. The minimum absolute atomic E-state index is 0.263. The number of aryl methyl sites for hydroxylation is 1. The van der Waals surface area contributed by atoms with Gasteiger partial charge in [-0.1, -0.05) is 0 Å². The summed E-state index contributed by atoms with van der Waals surface area (Å²) in [6.45, 7) is 1.59. The molecule has 1 saturated heterocycles. The molecule has 2 heterocycles. The molecule has 0 saturated carbocycles. The van der Waals surface area contributed by atoms with Crippen molar-refractivity contribution in [1.82, 2.24) is 9.78 Å². The molecule has 0 amide bonds. The number of nitrogens with zero attached hydrogens (tertiary/aromatic N) is 2. The maximum Gasteiger partial charge on any atom is 0.139 e. The van der Waals surface area contributed by atoms with Crippen molar-refractivity contribution in [2.45, 2.75) is 5.60 Å². The van der Waals surface area contributed by atoms with Gasteiger partial charge in [-0.25, -0.2) is 0 Å². The highest BCUT2D eigenvalue weighted by atomic mass is 16.6. The van der Waals surface area contributed by atoms with Crippen LogP contribution < -0.4 is 0 Å². The molecule has 0 bridgehead atoms. The third kappa shape index (κ3) is 1.79. The first kappa shape index (κ1) is 9.64. The van der Waals surface area contributed by atoms with Crippen LogP contribution in [0.15, 0.2) is 12.4 Å². The van der Waals surface area contributed by atoms with Crippen LogP contribution in [0.5, 0.6) is 0 Å². The van der Waals surface area contributed by atoms with Crippen molar-refractivity contribution in [3.05, 3.63) is 18.0 Å². The largest absolute Gasteiger partial charge is 0.380 e. The van der Waals surface area contributed by atoms with Crippen LogP contribution in [-0.4, -0.2) is 41.3 Å². The molecule has 0 aliphatic carbocycles. The second kappa shape index (κ2) is 3.68. The normalized spacial score (nSPS) is 21.9. The molecule has 1 aromatic heterocycles. The SMILES string of the molecule is Cn1cc(C2(O)COCCOC2)cn1. The van der Waals surface area contributed by atoms with Crippen LogP contribution in [0.3, 0.4) is 0 Å². The van der Waals surface area contributed by atoms with E-state index in [-0.39, 0.29) is 13.2 Å². The zero-order chi connectivity index (χ0) is 10.0. The maximum absolute atomic E-state index is 10.2. The Morgan fingerprint density at radius 2 is 2.07 bits per heavy atom. The van der Waals surface area contributed by atoms with E-state index in [1.54, 1.807) is 17.1 Å². The van der Waals surface area contributed by atoms with E-state index >= 15 is 0 Å². The van der Waals surface area contributed by atoms with E-state index in [1.165, 1.54) is 0 Å². The van der Waals surface area contributed by atoms with Gasteiger partial charge in [0.15, 0.2) is 0 Å². The van der Waals surface area contributed by atoms with E-state index in [4.69, 9.17) is 9.47 Å². The van der Waals surface area contributed by atoms with E-state index < -0.39 is 5.60 Å². The van der Waals surface area contributed by atoms with Gasteiger partial charge in [0.05, 0.1) is 32.6 Å². The molecule has 5 nitrogen and oxygen atoms in total. The Balaban J connectivity index is 2.20. The van der Waals surface area contributed by atoms with Gasteiger partial charge in [-0.2, -0.15) is 5.10 Å². The summed E-state index contributed by atoms with van der Waals surface area (Å²) in [6.07, 6.45) is 3.41. The van der Waals surface area contributed by atoms with Gasteiger partial charge in [-0.05, 0) is 0 Å². The van der Waals surface area contributed by atoms with Crippen LogP contribution in [0.25, 0.3) is 0 Å². The maximum atomic E-state index is 10.2. The predicted molar refractivity (Wildman–Crippen MR) is 48.7 cm³/mol. The molecule has 5 heteroatoms. The van der Waals surface area contributed by atoms with Crippen molar-refractivity contribution in [2.24, 2.45) is 7.05 Å². The fourth-order valence-corrected chi connectivity index (χ4v) is 1.47. The summed E-state index contributed by atoms with van der Waals surface area (Å²) < 4.78 is 12.2. The van der Waals surface area contributed by atoms with Gasteiger partial charge in [-0.3, -0.25) is 4.68 Å². The number of rotatable bonds is 1. The van der Waals surface area contributed by atoms with Gasteiger partial charge in [0, 0.05) is 18.8 Å². The molecular formula is C9H14N2O3. The zero-order valence-electron chi connectivity index (χ0n) is 8.14. The van der Waals surface area contributed by atoms with E-state index in [9.17, 15) is 5.11 Å². The Morgan fingerprint density at radius 3 is 2.57 bits per heavy atom. The monoisotopic (exact) mass is 198 g/mol. The van der Waals surface area contributed by atoms with Crippen molar-refractivity contribution < 1.29 is 14.6 Å². The van der Waals surface area contributed by atoms with E-state index in [0.717, 1.165) is 5.56 Å². The van der Waals surface area contributed by atoms with Gasteiger partial charge < -0.3 is 14.6 Å². The lowest BCUT2D eigenvalue weighted by atomic mass is 9.99. The van der Waals surface area contributed by atoms with E-state index in [2.05, 4.69) is 5.10 Å². The summed E-state index contributed by atoms with van der Waals surface area (Å²) in [5.74, 6) is 0. The summed E-state index contributed by atoms with van der Waals surface area (Å²) in [4.78, 5) is 0. The van der Waals surface area contributed by atoms with Crippen LogP contribution in [0.2, 0.25) is 0 Å². The van der Waals surface area contributed by atoms with Crippen LogP contribution >= 0.6 is 0 Å². The van der Waals surface area contributed by atoms with Crippen LogP contribution in [0, 0.1) is 0 Å². The summed E-state index contributed by atoms with van der Waals surface area (Å²) in [7, 11) is 1.81. The molecule has 2 rings (SSSR count). The van der Waals surface area contributed by atoms with Crippen molar-refractivity contribution in [1.29, 1.82) is 0 Å². The summed E-state index contributed by atoms with van der Waals surface area (Å²) in [6, 6.07) is 0. The summed E-state index contributed by atoms with van der Waals surface area (Å²) >= 11 is 0. The highest BCUT2D eigenvalue weighted by molar-refractivity contribution is 5.15. The molecule has 0 atom stereocenters. The van der Waals surface area contributed by atoms with Crippen molar-refractivity contribution in [3.63, 3.8) is 0 Å². The predicted octanol–water partition coefficient (Wildman–Crippen LogP) is -0.346. The molecule has 0 unspecified atom stereocenters. The summed E-state index contributed by atoms with van der Waals surface area (Å²) in [5.41, 5.74) is -0.313. The van der Waals surface area contributed by atoms with Crippen molar-refractivity contribution in [2.75, 3.05) is 26.4 Å². The van der Waals surface area contributed by atoms with Crippen molar-refractivity contribution >= 4 is 0 Å². The zero-order valence-corrected chi connectivity index (χ0v) is 8.14. The third-order valence-corrected chi connectivity index (χ3v) is 2.30. The van der Waals surface area contributed by atoms with Gasteiger partial charge in [0.25, 0.3) is 0 Å². The molecule has 0 spiro atoms. The standard InChI is InChI=1S/C9H14N2O3/c1-11-5-8(4-10-11)9(12)6-13-2-3-14-7-9/h4-5,12H,2-3,6-7H2,1H3. The van der Waals surface area contributed by atoms with Crippen molar-refractivity contribution in [3.8, 4) is 0 Å². The van der Waals surface area contributed by atoms with Gasteiger partial charge >= 0.3 is 0 Å². The fourth-order valence-electron chi connectivity index (χ4n) is 1.47. The molecular weight excluding hydrogens is 184 g/mol. The number of aliphatic hydroxyl groups is 1. The second-order valence-electron chi connectivity index (χ2n) is 3.54. The number of aromatic nitrogens is 2. The van der Waals surface area contributed by atoms with E-state index in [0.29, 0.717) is 13.2 Å². The lowest BCUT2D eigenvalue weighted by Gasteiger charge is -2.23. The second-order valence-corrected chi connectivity index (χ2v) is 3.54. The molecule has 1 aromatic rings. The molecule has 0 radical (unpaired) electrons. The summed E-state index contributed by atoms with van der Waals surface area (Å²) in [5, 5.41) is 14.2. The Labute approximate surface area is 82.2 Å². The van der Waals surface area contributed by atoms with Gasteiger partial charge in [-0.15, -0.1) is 0 Å². The quantitative estimate of drug-likeness (QED) is 0.670. The van der Waals surface area contributed by atoms with Crippen LogP contribution in [0.1, 0.15) is 5.56 Å². The van der Waals surface area contributed by atoms with Gasteiger partial charge in [0.2, 0.25) is 0 Å². The minimum atomic E-state index is -1.05. The third-order valence-electron chi connectivity index (χ3n) is 2.30. The molecule has 1 aliphatic heterocycles. The topological polar surface area (TPSA) is 56.5 Å². The highest BCUT2D eigenvalue weighted by Crippen LogP contribution is 2.22. The average Bonchev–Trinajstić information content (AvgIpc) is 2.47. The molecule has 1 N–H and O–H groups in total. The van der Waals surface area contributed by atoms with Gasteiger partial charge in [0.1, 0.15) is 5.60 Å². The van der Waals surface area contributed by atoms with E-state index in [1.807, 2.05) is 7.05 Å². The Bertz CT molecular complexity index is 303. The van der Waals surface area contributed by atoms with Crippen LogP contribution in [-0.2, 0) is 22.1 Å². The first-order valence-electron chi connectivity index (χ1n) is 4.58. The molecule has 78 valence electrons. The fraction of sp³-hybridized carbons (Fsp3) is 0.667. The Hall–Kier alpha value is -0.910. The highest BCUT2D eigenvalue weighted by Gasteiger charge is 2.33. The lowest BCUT2D eigenvalue weighted by Crippen LogP contribution is -2.34. The number of hydrogen-bond acceptors (Lipinski definition) is 4. The Kier molecular flexibility index (Phi) is 2.54. The first-order chi connectivity index (χ1) is 6.71. The molecule has 14 heavy (non-hydrogen) atoms. The first-order valence-corrected chi connectivity index (χ1v) is 4.58.